The maximum Gasteiger partial charge on any atom is 0.246 e. The van der Waals surface area contributed by atoms with Crippen LogP contribution in [0.2, 0.25) is 0 Å². The minimum absolute atomic E-state index is 0.0683. The molecule has 2 heterocycles. The van der Waals surface area contributed by atoms with Crippen molar-refractivity contribution in [2.24, 2.45) is 5.92 Å². The lowest BCUT2D eigenvalue weighted by molar-refractivity contribution is -0.122. The third-order valence-corrected chi connectivity index (χ3v) is 5.74. The molecular weight excluding hydrogens is 379 g/mol. The van der Waals surface area contributed by atoms with Crippen molar-refractivity contribution in [3.63, 3.8) is 0 Å². The first kappa shape index (κ1) is 20.3. The molecule has 5 nitrogen and oxygen atoms in total. The molecule has 0 unspecified atom stereocenters. The highest BCUT2D eigenvalue weighted by molar-refractivity contribution is 5.95. The molecule has 1 fully saturated rings. The van der Waals surface area contributed by atoms with Gasteiger partial charge in [0.2, 0.25) is 5.91 Å². The van der Waals surface area contributed by atoms with E-state index in [1.165, 1.54) is 6.07 Å². The van der Waals surface area contributed by atoms with Crippen molar-refractivity contribution in [2.75, 3.05) is 18.4 Å². The fraction of sp³-hybridized carbons (Fsp3) is 0.333. The number of piperidine rings is 1. The van der Waals surface area contributed by atoms with Gasteiger partial charge in [0.15, 0.2) is 0 Å². The van der Waals surface area contributed by atoms with Gasteiger partial charge in [0.1, 0.15) is 11.9 Å². The first-order valence-electron chi connectivity index (χ1n) is 10.5. The Bertz CT molecular complexity index is 980. The summed E-state index contributed by atoms with van der Waals surface area (Å²) in [5.41, 5.74) is 2.16. The van der Waals surface area contributed by atoms with Crippen molar-refractivity contribution in [2.45, 2.75) is 32.4 Å². The van der Waals surface area contributed by atoms with Gasteiger partial charge in [-0.1, -0.05) is 55.5 Å². The fourth-order valence-electron chi connectivity index (χ4n) is 3.98. The van der Waals surface area contributed by atoms with E-state index in [2.05, 4.69) is 22.2 Å². The Morgan fingerprint density at radius 3 is 2.57 bits per heavy atom. The number of carbonyl (C=O) groups excluding carboxylic acids is 1. The number of anilines is 1. The van der Waals surface area contributed by atoms with Gasteiger partial charge in [-0.25, -0.2) is 4.39 Å². The van der Waals surface area contributed by atoms with Crippen molar-refractivity contribution in [3.8, 4) is 0 Å². The van der Waals surface area contributed by atoms with Crippen LogP contribution in [0.5, 0.6) is 0 Å². The summed E-state index contributed by atoms with van der Waals surface area (Å²) in [4.78, 5) is 15.5. The van der Waals surface area contributed by atoms with Crippen LogP contribution < -0.4 is 5.32 Å². The zero-order chi connectivity index (χ0) is 20.9. The van der Waals surface area contributed by atoms with Crippen LogP contribution in [-0.4, -0.2) is 33.7 Å². The zero-order valence-electron chi connectivity index (χ0n) is 17.2. The van der Waals surface area contributed by atoms with Crippen LogP contribution in [-0.2, 0) is 11.3 Å². The molecule has 1 atom stereocenters. The summed E-state index contributed by atoms with van der Waals surface area (Å²) in [5.74, 6) is 0.362. The van der Waals surface area contributed by atoms with E-state index < -0.39 is 0 Å². The molecule has 0 aliphatic carbocycles. The van der Waals surface area contributed by atoms with E-state index in [4.69, 9.17) is 0 Å². The number of aromatic nitrogens is 2. The third-order valence-electron chi connectivity index (χ3n) is 5.74. The van der Waals surface area contributed by atoms with Gasteiger partial charge in [-0.15, -0.1) is 0 Å². The molecule has 1 aliphatic heterocycles. The van der Waals surface area contributed by atoms with Crippen molar-refractivity contribution in [1.29, 1.82) is 0 Å². The Morgan fingerprint density at radius 2 is 1.83 bits per heavy atom. The molecular formula is C24H27FN4O. The maximum atomic E-state index is 13.9. The maximum absolute atomic E-state index is 13.9. The van der Waals surface area contributed by atoms with Crippen LogP contribution in [0, 0.1) is 11.7 Å². The smallest absolute Gasteiger partial charge is 0.246 e. The summed E-state index contributed by atoms with van der Waals surface area (Å²) in [6.07, 6.45) is 5.54. The number of benzene rings is 2. The fourth-order valence-corrected chi connectivity index (χ4v) is 3.98. The lowest BCUT2D eigenvalue weighted by atomic mass is 9.95. The number of rotatable bonds is 6. The average Bonchev–Trinajstić information content (AvgIpc) is 3.19. The van der Waals surface area contributed by atoms with Gasteiger partial charge in [0, 0.05) is 11.8 Å². The molecule has 1 aromatic heterocycles. The van der Waals surface area contributed by atoms with E-state index in [0.717, 1.165) is 31.5 Å². The highest BCUT2D eigenvalue weighted by Crippen LogP contribution is 2.28. The molecule has 4 rings (SSSR count). The predicted octanol–water partition coefficient (Wildman–Crippen LogP) is 4.48. The molecule has 0 saturated carbocycles. The number of nitrogens with one attached hydrogen (secondary N) is 1. The van der Waals surface area contributed by atoms with E-state index >= 15 is 0 Å². The van der Waals surface area contributed by atoms with Gasteiger partial charge < -0.3 is 5.32 Å². The van der Waals surface area contributed by atoms with Crippen LogP contribution in [0.15, 0.2) is 67.0 Å². The Hall–Kier alpha value is -2.99. The van der Waals surface area contributed by atoms with E-state index in [1.54, 1.807) is 35.3 Å². The Morgan fingerprint density at radius 1 is 1.13 bits per heavy atom. The first-order valence-corrected chi connectivity index (χ1v) is 10.5. The minimum atomic E-state index is -0.339. The van der Waals surface area contributed by atoms with E-state index in [0.29, 0.717) is 23.7 Å². The van der Waals surface area contributed by atoms with Gasteiger partial charge >= 0.3 is 0 Å². The number of amides is 1. The molecule has 2 aromatic carbocycles. The average molecular weight is 407 g/mol. The quantitative estimate of drug-likeness (QED) is 0.657. The Balaban J connectivity index is 1.49. The van der Waals surface area contributed by atoms with Crippen molar-refractivity contribution >= 4 is 11.6 Å². The van der Waals surface area contributed by atoms with E-state index in [-0.39, 0.29) is 17.8 Å². The van der Waals surface area contributed by atoms with Gasteiger partial charge in [-0.05, 0) is 43.5 Å². The second-order valence-corrected chi connectivity index (χ2v) is 8.04. The summed E-state index contributed by atoms with van der Waals surface area (Å²) in [7, 11) is 0. The van der Waals surface area contributed by atoms with E-state index in [9.17, 15) is 9.18 Å². The van der Waals surface area contributed by atoms with Crippen LogP contribution in [0.3, 0.4) is 0 Å². The predicted molar refractivity (Wildman–Crippen MR) is 116 cm³/mol. The summed E-state index contributed by atoms with van der Waals surface area (Å²) in [6, 6.07) is 16.2. The molecule has 156 valence electrons. The lowest BCUT2D eigenvalue weighted by Crippen LogP contribution is -2.41. The number of halogens is 1. The summed E-state index contributed by atoms with van der Waals surface area (Å²) >= 11 is 0. The molecule has 1 saturated heterocycles. The number of likely N-dealkylation sites (tertiary alicyclic amines) is 1. The van der Waals surface area contributed by atoms with Crippen molar-refractivity contribution in [1.82, 2.24) is 14.7 Å². The van der Waals surface area contributed by atoms with Gasteiger partial charge in [0.05, 0.1) is 18.4 Å². The second kappa shape index (κ2) is 9.22. The number of hydrogen-bond donors (Lipinski definition) is 1. The number of nitrogens with zero attached hydrogens (tertiary/aromatic N) is 3. The Kier molecular flexibility index (Phi) is 6.23. The molecule has 30 heavy (non-hydrogen) atoms. The van der Waals surface area contributed by atoms with E-state index in [1.807, 2.05) is 30.3 Å². The molecule has 0 spiro atoms. The Labute approximate surface area is 176 Å². The minimum Gasteiger partial charge on any atom is -0.322 e. The SMILES string of the molecule is CC1CCN([C@H](C(=O)Nc2cnn(Cc3ccccc3F)c2)c2ccccc2)CC1. The van der Waals surface area contributed by atoms with Gasteiger partial charge in [-0.2, -0.15) is 5.10 Å². The number of carbonyl (C=O) groups is 1. The normalized spacial score (nSPS) is 16.3. The highest BCUT2D eigenvalue weighted by Gasteiger charge is 2.30. The van der Waals surface area contributed by atoms with Crippen molar-refractivity contribution in [3.05, 3.63) is 83.9 Å². The molecule has 3 aromatic rings. The zero-order valence-corrected chi connectivity index (χ0v) is 17.2. The topological polar surface area (TPSA) is 50.2 Å². The standard InChI is InChI=1S/C24H27FN4O/c1-18-11-13-28(14-12-18)23(19-7-3-2-4-8-19)24(30)27-21-15-26-29(17-21)16-20-9-5-6-10-22(20)25/h2-10,15,17-18,23H,11-14,16H2,1H3,(H,27,30)/t23-/m0/s1. The summed E-state index contributed by atoms with van der Waals surface area (Å²) in [6.45, 7) is 4.38. The van der Waals surface area contributed by atoms with Crippen LogP contribution in [0.4, 0.5) is 10.1 Å². The second-order valence-electron chi connectivity index (χ2n) is 8.04. The monoisotopic (exact) mass is 406 g/mol. The van der Waals surface area contributed by atoms with Crippen LogP contribution in [0.25, 0.3) is 0 Å². The molecule has 6 heteroatoms. The lowest BCUT2D eigenvalue weighted by Gasteiger charge is -2.36. The largest absolute Gasteiger partial charge is 0.322 e. The van der Waals surface area contributed by atoms with Crippen LogP contribution in [0.1, 0.15) is 36.9 Å². The third kappa shape index (κ3) is 4.76. The molecule has 1 N–H and O–H groups in total. The summed E-state index contributed by atoms with van der Waals surface area (Å²) in [5, 5.41) is 7.29. The van der Waals surface area contributed by atoms with Crippen LogP contribution >= 0.6 is 0 Å². The van der Waals surface area contributed by atoms with Crippen molar-refractivity contribution < 1.29 is 9.18 Å². The van der Waals surface area contributed by atoms with Gasteiger partial charge in [-0.3, -0.25) is 14.4 Å². The first-order chi connectivity index (χ1) is 14.6. The molecule has 1 amide bonds. The van der Waals surface area contributed by atoms with Gasteiger partial charge in [0.25, 0.3) is 0 Å². The molecule has 1 aliphatic rings. The molecule has 0 bridgehead atoms. The number of hydrogen-bond acceptors (Lipinski definition) is 3. The molecule has 0 radical (unpaired) electrons. The summed E-state index contributed by atoms with van der Waals surface area (Å²) < 4.78 is 15.5. The highest BCUT2D eigenvalue weighted by atomic mass is 19.1.